The van der Waals surface area contributed by atoms with Gasteiger partial charge in [-0.2, -0.15) is 5.26 Å². The molecule has 0 amide bonds. The van der Waals surface area contributed by atoms with Gasteiger partial charge in [0.2, 0.25) is 0 Å². The summed E-state index contributed by atoms with van der Waals surface area (Å²) in [6.07, 6.45) is 3.38. The molecule has 14 heavy (non-hydrogen) atoms. The monoisotopic (exact) mass is 267 g/mol. The van der Waals surface area contributed by atoms with Gasteiger partial charge in [0, 0.05) is 27.1 Å². The Kier molecular flexibility index (Phi) is 2.66. The van der Waals surface area contributed by atoms with E-state index < -0.39 is 0 Å². The van der Waals surface area contributed by atoms with Crippen LogP contribution in [0.2, 0.25) is 0 Å². The van der Waals surface area contributed by atoms with Gasteiger partial charge in [-0.1, -0.05) is 0 Å². The number of hydrogen-bond donors (Lipinski definition) is 1. The number of imidazole rings is 1. The second kappa shape index (κ2) is 3.95. The molecular weight excluding hydrogens is 262 g/mol. The van der Waals surface area contributed by atoms with Gasteiger partial charge in [0.25, 0.3) is 0 Å². The standard InChI is InChI=1S/C9H6BrN3S/c10-6-3-8(14-5-6)7(4-11)9-12-1-2-13-9/h1-3,5,7H,(H,12,13). The Labute approximate surface area is 93.5 Å². The third-order valence-electron chi connectivity index (χ3n) is 1.79. The molecule has 0 aliphatic rings. The van der Waals surface area contributed by atoms with Gasteiger partial charge in [-0.25, -0.2) is 4.98 Å². The molecule has 0 fully saturated rings. The van der Waals surface area contributed by atoms with Gasteiger partial charge >= 0.3 is 0 Å². The second-order valence-corrected chi connectivity index (χ2v) is 4.56. The minimum absolute atomic E-state index is 0.290. The van der Waals surface area contributed by atoms with Crippen LogP contribution in [-0.2, 0) is 0 Å². The third-order valence-corrected chi connectivity index (χ3v) is 3.55. The van der Waals surface area contributed by atoms with Crippen LogP contribution >= 0.6 is 27.3 Å². The number of aromatic amines is 1. The van der Waals surface area contributed by atoms with E-state index in [1.807, 2.05) is 11.4 Å². The lowest BCUT2D eigenvalue weighted by atomic mass is 10.1. The van der Waals surface area contributed by atoms with Crippen molar-refractivity contribution in [3.63, 3.8) is 0 Å². The van der Waals surface area contributed by atoms with Crippen molar-refractivity contribution in [2.45, 2.75) is 5.92 Å². The zero-order chi connectivity index (χ0) is 9.97. The molecule has 2 rings (SSSR count). The van der Waals surface area contributed by atoms with Gasteiger partial charge in [-0.05, 0) is 22.0 Å². The highest BCUT2D eigenvalue weighted by Crippen LogP contribution is 2.29. The fourth-order valence-electron chi connectivity index (χ4n) is 1.17. The van der Waals surface area contributed by atoms with E-state index in [4.69, 9.17) is 5.26 Å². The van der Waals surface area contributed by atoms with Crippen LogP contribution in [0.4, 0.5) is 0 Å². The van der Waals surface area contributed by atoms with Crippen LogP contribution in [0.25, 0.3) is 0 Å². The number of hydrogen-bond acceptors (Lipinski definition) is 3. The molecule has 2 heterocycles. The first-order chi connectivity index (χ1) is 6.81. The average molecular weight is 268 g/mol. The Morgan fingerprint density at radius 1 is 1.64 bits per heavy atom. The van der Waals surface area contributed by atoms with Crippen LogP contribution in [0, 0.1) is 11.3 Å². The molecule has 0 bridgehead atoms. The van der Waals surface area contributed by atoms with Crippen LogP contribution in [0.1, 0.15) is 16.6 Å². The van der Waals surface area contributed by atoms with Crippen LogP contribution < -0.4 is 0 Å². The molecule has 70 valence electrons. The number of nitrogens with one attached hydrogen (secondary N) is 1. The summed E-state index contributed by atoms with van der Waals surface area (Å²) < 4.78 is 1.00. The Bertz CT molecular complexity index is 455. The summed E-state index contributed by atoms with van der Waals surface area (Å²) in [4.78, 5) is 8.03. The maximum Gasteiger partial charge on any atom is 0.138 e. The minimum Gasteiger partial charge on any atom is -0.347 e. The lowest BCUT2D eigenvalue weighted by Crippen LogP contribution is -1.97. The zero-order valence-corrected chi connectivity index (χ0v) is 9.47. The maximum absolute atomic E-state index is 9.04. The van der Waals surface area contributed by atoms with Crippen LogP contribution in [0.3, 0.4) is 0 Å². The highest BCUT2D eigenvalue weighted by Gasteiger charge is 2.17. The van der Waals surface area contributed by atoms with E-state index in [-0.39, 0.29) is 5.92 Å². The summed E-state index contributed by atoms with van der Waals surface area (Å²) in [5.41, 5.74) is 0. The molecule has 1 atom stereocenters. The number of H-pyrrole nitrogens is 1. The molecule has 2 aromatic heterocycles. The van der Waals surface area contributed by atoms with E-state index in [2.05, 4.69) is 32.0 Å². The zero-order valence-electron chi connectivity index (χ0n) is 7.07. The van der Waals surface area contributed by atoms with Crippen LogP contribution in [-0.4, -0.2) is 9.97 Å². The van der Waals surface area contributed by atoms with Gasteiger partial charge in [0.1, 0.15) is 11.7 Å². The summed E-state index contributed by atoms with van der Waals surface area (Å²) >= 11 is 4.91. The molecule has 1 unspecified atom stereocenters. The maximum atomic E-state index is 9.04. The largest absolute Gasteiger partial charge is 0.347 e. The highest BCUT2D eigenvalue weighted by molar-refractivity contribution is 9.10. The average Bonchev–Trinajstić information content (AvgIpc) is 2.79. The molecule has 2 aromatic rings. The number of rotatable bonds is 2. The lowest BCUT2D eigenvalue weighted by Gasteiger charge is -2.01. The number of nitriles is 1. The predicted octanol–water partition coefficient (Wildman–Crippen LogP) is 2.89. The number of nitrogens with zero attached hydrogens (tertiary/aromatic N) is 2. The summed E-state index contributed by atoms with van der Waals surface area (Å²) in [5, 5.41) is 11.0. The first kappa shape index (κ1) is 9.44. The van der Waals surface area contributed by atoms with Crippen molar-refractivity contribution in [2.75, 3.05) is 0 Å². The van der Waals surface area contributed by atoms with E-state index in [1.54, 1.807) is 23.7 Å². The van der Waals surface area contributed by atoms with E-state index in [0.29, 0.717) is 5.82 Å². The van der Waals surface area contributed by atoms with E-state index in [1.165, 1.54) is 0 Å². The Morgan fingerprint density at radius 2 is 2.50 bits per heavy atom. The summed E-state index contributed by atoms with van der Waals surface area (Å²) in [6.45, 7) is 0. The minimum atomic E-state index is -0.290. The van der Waals surface area contributed by atoms with Gasteiger partial charge in [-0.3, -0.25) is 0 Å². The highest BCUT2D eigenvalue weighted by atomic mass is 79.9. The normalized spacial score (nSPS) is 12.3. The van der Waals surface area contributed by atoms with E-state index in [9.17, 15) is 0 Å². The smallest absolute Gasteiger partial charge is 0.138 e. The molecule has 0 saturated carbocycles. The number of halogens is 1. The van der Waals surface area contributed by atoms with Gasteiger partial charge in [0.05, 0.1) is 6.07 Å². The van der Waals surface area contributed by atoms with Crippen molar-refractivity contribution in [3.8, 4) is 6.07 Å². The van der Waals surface area contributed by atoms with Crippen molar-refractivity contribution in [3.05, 3.63) is 39.0 Å². The first-order valence-electron chi connectivity index (χ1n) is 3.94. The molecule has 0 radical (unpaired) electrons. The van der Waals surface area contributed by atoms with Crippen LogP contribution in [0.5, 0.6) is 0 Å². The first-order valence-corrected chi connectivity index (χ1v) is 5.61. The van der Waals surface area contributed by atoms with Crippen molar-refractivity contribution in [1.29, 1.82) is 5.26 Å². The van der Waals surface area contributed by atoms with E-state index in [0.717, 1.165) is 9.35 Å². The molecule has 0 aliphatic heterocycles. The molecule has 0 saturated heterocycles. The second-order valence-electron chi connectivity index (χ2n) is 2.70. The molecule has 1 N–H and O–H groups in total. The number of thiophene rings is 1. The Morgan fingerprint density at radius 3 is 3.00 bits per heavy atom. The molecule has 0 aliphatic carbocycles. The molecule has 0 spiro atoms. The van der Waals surface area contributed by atoms with E-state index >= 15 is 0 Å². The third kappa shape index (κ3) is 1.72. The molecule has 3 nitrogen and oxygen atoms in total. The molecular formula is C9H6BrN3S. The van der Waals surface area contributed by atoms with Gasteiger partial charge in [-0.15, -0.1) is 11.3 Å². The molecule has 5 heteroatoms. The lowest BCUT2D eigenvalue weighted by molar-refractivity contribution is 0.945. The van der Waals surface area contributed by atoms with Crippen molar-refractivity contribution in [2.24, 2.45) is 0 Å². The Hall–Kier alpha value is -1.12. The topological polar surface area (TPSA) is 52.5 Å². The predicted molar refractivity (Wildman–Crippen MR) is 58.1 cm³/mol. The quantitative estimate of drug-likeness (QED) is 0.910. The van der Waals surface area contributed by atoms with Crippen molar-refractivity contribution >= 4 is 27.3 Å². The molecule has 0 aromatic carbocycles. The Balaban J connectivity index is 2.37. The summed E-state index contributed by atoms with van der Waals surface area (Å²) in [6, 6.07) is 4.18. The fraction of sp³-hybridized carbons (Fsp3) is 0.111. The SMILES string of the molecule is N#CC(c1ncc[nH]1)c1cc(Br)cs1. The van der Waals surface area contributed by atoms with Crippen LogP contribution in [0.15, 0.2) is 28.3 Å². The number of aromatic nitrogens is 2. The van der Waals surface area contributed by atoms with Gasteiger partial charge < -0.3 is 4.98 Å². The fourth-order valence-corrected chi connectivity index (χ4v) is 2.67. The summed E-state index contributed by atoms with van der Waals surface area (Å²) in [7, 11) is 0. The summed E-state index contributed by atoms with van der Waals surface area (Å²) in [5.74, 6) is 0.406. The van der Waals surface area contributed by atoms with Gasteiger partial charge in [0.15, 0.2) is 0 Å². The van der Waals surface area contributed by atoms with Crippen molar-refractivity contribution in [1.82, 2.24) is 9.97 Å². The van der Waals surface area contributed by atoms with Crippen molar-refractivity contribution < 1.29 is 0 Å².